The Kier molecular flexibility index (Phi) is 5.35. The highest BCUT2D eigenvalue weighted by Crippen LogP contribution is 2.46. The minimum atomic E-state index is -1.53. The maximum Gasteiger partial charge on any atom is 0.183 e. The van der Waals surface area contributed by atoms with Crippen LogP contribution in [-0.2, 0) is 4.43 Å². The van der Waals surface area contributed by atoms with E-state index in [4.69, 9.17) is 4.43 Å². The number of fused-ring (bicyclic) bond motifs is 3. The zero-order chi connectivity index (χ0) is 20.8. The van der Waals surface area contributed by atoms with E-state index in [1.807, 2.05) is 0 Å². The largest absolute Gasteiger partial charge is 0.418 e. The molecule has 0 fully saturated rings. The van der Waals surface area contributed by atoms with Gasteiger partial charge in [-0.25, -0.2) is 0 Å². The molecule has 2 aromatic carbocycles. The minimum Gasteiger partial charge on any atom is -0.418 e. The molecule has 1 atom stereocenters. The highest BCUT2D eigenvalue weighted by Gasteiger charge is 2.31. The first kappa shape index (κ1) is 20.6. The second-order valence-electron chi connectivity index (χ2n) is 10.2. The summed E-state index contributed by atoms with van der Waals surface area (Å²) in [6, 6.07) is 17.3. The molecule has 2 aliphatic carbocycles. The van der Waals surface area contributed by atoms with Gasteiger partial charge in [-0.2, -0.15) is 0 Å². The highest BCUT2D eigenvalue weighted by atomic mass is 28.4. The first-order valence-corrected chi connectivity index (χ1v) is 17.6. The van der Waals surface area contributed by atoms with Crippen LogP contribution in [0.25, 0.3) is 16.7 Å². The average molecular weight is 419 g/mol. The van der Waals surface area contributed by atoms with Crippen molar-refractivity contribution in [1.82, 2.24) is 0 Å². The van der Waals surface area contributed by atoms with Gasteiger partial charge in [-0.3, -0.25) is 0 Å². The van der Waals surface area contributed by atoms with E-state index in [1.54, 1.807) is 10.8 Å². The van der Waals surface area contributed by atoms with E-state index in [9.17, 15) is 0 Å². The summed E-state index contributed by atoms with van der Waals surface area (Å²) in [5, 5.41) is 1.62. The van der Waals surface area contributed by atoms with E-state index in [1.165, 1.54) is 33.9 Å². The van der Waals surface area contributed by atoms with Crippen LogP contribution >= 0.6 is 0 Å². The molecule has 0 N–H and O–H groups in total. The van der Waals surface area contributed by atoms with E-state index in [0.29, 0.717) is 5.92 Å². The van der Waals surface area contributed by atoms with Gasteiger partial charge in [0.05, 0.1) is 8.07 Å². The Morgan fingerprint density at radius 2 is 1.66 bits per heavy atom. The molecule has 29 heavy (non-hydrogen) atoms. The molecule has 0 radical (unpaired) electrons. The van der Waals surface area contributed by atoms with Crippen molar-refractivity contribution in [1.29, 1.82) is 0 Å². The molecule has 2 aromatic rings. The van der Waals surface area contributed by atoms with Crippen LogP contribution in [0.5, 0.6) is 0 Å². The fourth-order valence-electron chi connectivity index (χ4n) is 4.80. The van der Waals surface area contributed by atoms with E-state index >= 15 is 0 Å². The first-order valence-electron chi connectivity index (χ1n) is 11.0. The molecule has 0 saturated carbocycles. The van der Waals surface area contributed by atoms with Crippen LogP contribution in [0.15, 0.2) is 59.8 Å². The molecule has 0 heterocycles. The lowest BCUT2D eigenvalue weighted by molar-refractivity contribution is 0.332. The van der Waals surface area contributed by atoms with Crippen LogP contribution in [0, 0.1) is 0 Å². The fraction of sp³-hybridized carbons (Fsp3) is 0.385. The predicted molar refractivity (Wildman–Crippen MR) is 132 cm³/mol. The first-order chi connectivity index (χ1) is 13.7. The van der Waals surface area contributed by atoms with Gasteiger partial charge in [0.2, 0.25) is 0 Å². The van der Waals surface area contributed by atoms with Gasteiger partial charge in [-0.15, -0.1) is 0 Å². The van der Waals surface area contributed by atoms with Gasteiger partial charge >= 0.3 is 0 Å². The number of rotatable bonds is 6. The predicted octanol–water partition coefficient (Wildman–Crippen LogP) is 7.63. The highest BCUT2D eigenvalue weighted by molar-refractivity contribution is 6.86. The van der Waals surface area contributed by atoms with E-state index in [0.717, 1.165) is 13.0 Å². The summed E-state index contributed by atoms with van der Waals surface area (Å²) in [5.41, 5.74) is 8.78. The third-order valence-electron chi connectivity index (χ3n) is 6.51. The van der Waals surface area contributed by atoms with Crippen molar-refractivity contribution in [3.05, 3.63) is 76.5 Å². The van der Waals surface area contributed by atoms with Gasteiger partial charge < -0.3 is 4.43 Å². The maximum absolute atomic E-state index is 6.20. The van der Waals surface area contributed by atoms with Crippen molar-refractivity contribution in [2.45, 2.75) is 58.0 Å². The van der Waals surface area contributed by atoms with Crippen LogP contribution in [0.2, 0.25) is 38.8 Å². The summed E-state index contributed by atoms with van der Waals surface area (Å²) in [6.07, 6.45) is 5.85. The van der Waals surface area contributed by atoms with Crippen LogP contribution < -0.4 is 0 Å². The van der Waals surface area contributed by atoms with Crippen LogP contribution in [0.1, 0.15) is 36.0 Å². The molecule has 0 amide bonds. The van der Waals surface area contributed by atoms with Gasteiger partial charge in [-0.1, -0.05) is 79.8 Å². The Labute approximate surface area is 178 Å². The molecule has 1 nitrogen and oxygen atoms in total. The molecule has 1 unspecified atom stereocenters. The lowest BCUT2D eigenvalue weighted by atomic mass is 9.95. The SMILES string of the molecule is CC1c2ccccc2-c2ccc(C3=C([Si](C)(C)CCO[Si](C)(C)C)C=CC3)cc21. The Hall–Kier alpha value is -1.69. The quantitative estimate of drug-likeness (QED) is 0.438. The van der Waals surface area contributed by atoms with Gasteiger partial charge in [-0.05, 0) is 65.5 Å². The van der Waals surface area contributed by atoms with Crippen LogP contribution in [-0.4, -0.2) is 23.0 Å². The second-order valence-corrected chi connectivity index (χ2v) is 19.5. The number of allylic oxidation sites excluding steroid dienone is 4. The standard InChI is InChI=1S/C26H34OSi2/c1-19-21-10-7-8-11-23(21)24-15-14-20(18-25(19)24)22-12-9-13-26(22)29(5,6)17-16-27-28(2,3)4/h7-11,13-15,18-19H,12,16-17H2,1-6H3. The molecule has 0 aliphatic heterocycles. The van der Waals surface area contributed by atoms with E-state index in [-0.39, 0.29) is 0 Å². The summed E-state index contributed by atoms with van der Waals surface area (Å²) < 4.78 is 6.20. The van der Waals surface area contributed by atoms with Crippen LogP contribution in [0.4, 0.5) is 0 Å². The van der Waals surface area contributed by atoms with Gasteiger partial charge in [0.25, 0.3) is 0 Å². The Bertz CT molecular complexity index is 992. The van der Waals surface area contributed by atoms with Crippen molar-refractivity contribution in [3.63, 3.8) is 0 Å². The maximum atomic E-state index is 6.20. The molecular weight excluding hydrogens is 384 g/mol. The third kappa shape index (κ3) is 4.01. The Balaban J connectivity index is 1.64. The normalized spacial score (nSPS) is 18.3. The molecule has 0 aromatic heterocycles. The average Bonchev–Trinajstić information content (AvgIpc) is 3.25. The lowest BCUT2D eigenvalue weighted by Crippen LogP contribution is -2.33. The van der Waals surface area contributed by atoms with Gasteiger partial charge in [0, 0.05) is 12.5 Å². The van der Waals surface area contributed by atoms with Crippen molar-refractivity contribution in [2.75, 3.05) is 6.61 Å². The lowest BCUT2D eigenvalue weighted by Gasteiger charge is -2.27. The van der Waals surface area contributed by atoms with Crippen molar-refractivity contribution < 1.29 is 4.43 Å². The summed E-state index contributed by atoms with van der Waals surface area (Å²) in [6.45, 7) is 15.1. The van der Waals surface area contributed by atoms with E-state index in [2.05, 4.69) is 94.3 Å². The summed E-state index contributed by atoms with van der Waals surface area (Å²) in [5.74, 6) is 0.481. The molecule has 3 heteroatoms. The third-order valence-corrected chi connectivity index (χ3v) is 11.0. The molecule has 0 spiro atoms. The Morgan fingerprint density at radius 1 is 0.931 bits per heavy atom. The summed E-state index contributed by atoms with van der Waals surface area (Å²) >= 11 is 0. The summed E-state index contributed by atoms with van der Waals surface area (Å²) in [7, 11) is -2.97. The topological polar surface area (TPSA) is 9.23 Å². The second kappa shape index (κ2) is 7.53. The summed E-state index contributed by atoms with van der Waals surface area (Å²) in [4.78, 5) is 0. The number of hydrogen-bond donors (Lipinski definition) is 0. The zero-order valence-corrected chi connectivity index (χ0v) is 20.8. The van der Waals surface area contributed by atoms with E-state index < -0.39 is 16.4 Å². The van der Waals surface area contributed by atoms with Crippen molar-refractivity contribution in [2.24, 2.45) is 0 Å². The molecule has 2 aliphatic rings. The molecule has 0 saturated heterocycles. The van der Waals surface area contributed by atoms with Crippen molar-refractivity contribution in [3.8, 4) is 11.1 Å². The molecular formula is C26H34OSi2. The number of benzene rings is 2. The smallest absolute Gasteiger partial charge is 0.183 e. The zero-order valence-electron chi connectivity index (χ0n) is 18.8. The monoisotopic (exact) mass is 418 g/mol. The van der Waals surface area contributed by atoms with Crippen LogP contribution in [0.3, 0.4) is 0 Å². The van der Waals surface area contributed by atoms with Gasteiger partial charge in [0.15, 0.2) is 8.32 Å². The Morgan fingerprint density at radius 3 is 2.41 bits per heavy atom. The molecule has 0 bridgehead atoms. The molecule has 4 rings (SSSR count). The van der Waals surface area contributed by atoms with Crippen molar-refractivity contribution >= 4 is 22.0 Å². The fourth-order valence-corrected chi connectivity index (χ4v) is 8.23. The van der Waals surface area contributed by atoms with Gasteiger partial charge in [0.1, 0.15) is 0 Å². The minimum absolute atomic E-state index is 0.481. The number of hydrogen-bond acceptors (Lipinski definition) is 1. The molecule has 152 valence electrons.